The van der Waals surface area contributed by atoms with E-state index >= 15 is 0 Å². The molecule has 0 amide bonds. The lowest BCUT2D eigenvalue weighted by Crippen LogP contribution is -2.19. The van der Waals surface area contributed by atoms with Crippen molar-refractivity contribution in [2.75, 3.05) is 11.1 Å². The van der Waals surface area contributed by atoms with Crippen LogP contribution in [0.1, 0.15) is 18.1 Å². The molecular weight excluding hydrogens is 292 g/mol. The fourth-order valence-electron chi connectivity index (χ4n) is 1.42. The molecule has 4 N–H and O–H groups in total. The van der Waals surface area contributed by atoms with Gasteiger partial charge in [-0.05, 0) is 12.5 Å². The molecule has 7 heteroatoms. The Bertz CT molecular complexity index is 413. The van der Waals surface area contributed by atoms with Crippen molar-refractivity contribution in [3.05, 3.63) is 33.9 Å². The van der Waals surface area contributed by atoms with Crippen LogP contribution in [-0.4, -0.2) is 26.6 Å². The lowest BCUT2D eigenvalue weighted by atomic mass is 10.0. The number of aliphatic hydroxyl groups excluding tert-OH is 2. The molecule has 0 heterocycles. The quantitative estimate of drug-likeness (QED) is 0.329. The molecule has 0 aromatic heterocycles. The van der Waals surface area contributed by atoms with Gasteiger partial charge in [-0.1, -0.05) is 15.9 Å². The van der Waals surface area contributed by atoms with E-state index < -0.39 is 17.1 Å². The van der Waals surface area contributed by atoms with E-state index in [-0.39, 0.29) is 11.4 Å². The third-order valence-electron chi connectivity index (χ3n) is 2.37. The molecule has 0 bridgehead atoms. The highest BCUT2D eigenvalue weighted by molar-refractivity contribution is 9.09. The van der Waals surface area contributed by atoms with Crippen LogP contribution >= 0.6 is 15.9 Å². The summed E-state index contributed by atoms with van der Waals surface area (Å²) < 4.78 is 0. The second-order valence-electron chi connectivity index (χ2n) is 3.56. The van der Waals surface area contributed by atoms with Gasteiger partial charge in [-0.25, -0.2) is 0 Å². The van der Waals surface area contributed by atoms with Crippen LogP contribution in [0.5, 0.6) is 0 Å². The molecule has 1 aromatic carbocycles. The summed E-state index contributed by atoms with van der Waals surface area (Å²) in [5, 5.41) is 30.5. The second-order valence-corrected chi connectivity index (χ2v) is 4.35. The predicted octanol–water partition coefficient (Wildman–Crippen LogP) is 1.36. The number of nitro groups is 1. The largest absolute Gasteiger partial charge is 0.398 e. The maximum atomic E-state index is 10.5. The van der Waals surface area contributed by atoms with Gasteiger partial charge in [0.05, 0.1) is 11.0 Å². The summed E-state index contributed by atoms with van der Waals surface area (Å²) in [7, 11) is 0. The van der Waals surface area contributed by atoms with Gasteiger partial charge in [0.1, 0.15) is 6.10 Å². The van der Waals surface area contributed by atoms with E-state index in [0.717, 1.165) is 0 Å². The fraction of sp³-hybridized carbons (Fsp3) is 0.400. The zero-order chi connectivity index (χ0) is 13.0. The van der Waals surface area contributed by atoms with Crippen molar-refractivity contribution in [2.45, 2.75) is 18.6 Å². The summed E-state index contributed by atoms with van der Waals surface area (Å²) in [6, 6.07) is 3.77. The number of halogens is 1. The van der Waals surface area contributed by atoms with E-state index in [2.05, 4.69) is 15.9 Å². The van der Waals surface area contributed by atoms with Gasteiger partial charge < -0.3 is 15.9 Å². The Morgan fingerprint density at radius 2 is 2.12 bits per heavy atom. The first-order valence-electron chi connectivity index (χ1n) is 4.93. The maximum Gasteiger partial charge on any atom is 0.271 e. The van der Waals surface area contributed by atoms with Gasteiger partial charge in [-0.3, -0.25) is 10.1 Å². The zero-order valence-electron chi connectivity index (χ0n) is 8.91. The Morgan fingerprint density at radius 3 is 2.59 bits per heavy atom. The van der Waals surface area contributed by atoms with Gasteiger partial charge in [-0.15, -0.1) is 0 Å². The molecule has 1 rings (SSSR count). The molecule has 1 aromatic rings. The van der Waals surface area contributed by atoms with Crippen molar-refractivity contribution in [1.29, 1.82) is 0 Å². The summed E-state index contributed by atoms with van der Waals surface area (Å²) in [4.78, 5) is 9.93. The van der Waals surface area contributed by atoms with Gasteiger partial charge in [0.15, 0.2) is 0 Å². The van der Waals surface area contributed by atoms with Crippen molar-refractivity contribution in [1.82, 2.24) is 0 Å². The monoisotopic (exact) mass is 304 g/mol. The first-order valence-corrected chi connectivity index (χ1v) is 6.05. The third kappa shape index (κ3) is 3.39. The van der Waals surface area contributed by atoms with E-state index in [1.165, 1.54) is 18.2 Å². The van der Waals surface area contributed by atoms with Crippen LogP contribution in [0, 0.1) is 10.1 Å². The van der Waals surface area contributed by atoms with Crippen LogP contribution in [0.4, 0.5) is 11.4 Å². The normalized spacial score (nSPS) is 14.3. The van der Waals surface area contributed by atoms with E-state index in [4.69, 9.17) is 5.73 Å². The van der Waals surface area contributed by atoms with E-state index in [9.17, 15) is 20.3 Å². The average Bonchev–Trinajstić information content (AvgIpc) is 2.28. The topological polar surface area (TPSA) is 110 Å². The maximum absolute atomic E-state index is 10.5. The van der Waals surface area contributed by atoms with Crippen LogP contribution < -0.4 is 5.73 Å². The molecule has 6 nitrogen and oxygen atoms in total. The van der Waals surface area contributed by atoms with Crippen LogP contribution in [0.2, 0.25) is 0 Å². The van der Waals surface area contributed by atoms with Gasteiger partial charge in [0, 0.05) is 28.7 Å². The van der Waals surface area contributed by atoms with Crippen LogP contribution in [0.25, 0.3) is 0 Å². The highest BCUT2D eigenvalue weighted by Crippen LogP contribution is 2.28. The Balaban J connectivity index is 2.95. The lowest BCUT2D eigenvalue weighted by Gasteiger charge is -2.18. The van der Waals surface area contributed by atoms with Crippen molar-refractivity contribution in [3.63, 3.8) is 0 Å². The number of nitro benzene ring substituents is 1. The Labute approximate surface area is 106 Å². The first kappa shape index (κ1) is 13.9. The highest BCUT2D eigenvalue weighted by atomic mass is 79.9. The smallest absolute Gasteiger partial charge is 0.271 e. The standard InChI is InChI=1S/C10H13BrN2O4/c11-4-3-9(14)10(15)7-2-1-6(13(16)17)5-8(7)12/h1-2,5,9-10,14-15H,3-4,12H2. The SMILES string of the molecule is Nc1cc([N+](=O)[O-])ccc1C(O)C(O)CCBr. The van der Waals surface area contributed by atoms with Crippen molar-refractivity contribution >= 4 is 27.3 Å². The van der Waals surface area contributed by atoms with E-state index in [1.54, 1.807) is 0 Å². The number of hydrogen-bond acceptors (Lipinski definition) is 5. The predicted molar refractivity (Wildman–Crippen MR) is 66.9 cm³/mol. The van der Waals surface area contributed by atoms with Crippen molar-refractivity contribution in [2.24, 2.45) is 0 Å². The number of hydrogen-bond donors (Lipinski definition) is 3. The number of nitrogen functional groups attached to an aromatic ring is 1. The molecule has 94 valence electrons. The van der Waals surface area contributed by atoms with Crippen molar-refractivity contribution in [3.8, 4) is 0 Å². The number of nitrogens with zero attached hydrogens (tertiary/aromatic N) is 1. The number of aliphatic hydroxyl groups is 2. The molecule has 17 heavy (non-hydrogen) atoms. The minimum Gasteiger partial charge on any atom is -0.398 e. The number of non-ortho nitro benzene ring substituents is 1. The molecule has 2 atom stereocenters. The average molecular weight is 305 g/mol. The van der Waals surface area contributed by atoms with E-state index in [1.807, 2.05) is 0 Å². The molecule has 0 saturated carbocycles. The zero-order valence-corrected chi connectivity index (χ0v) is 10.5. The minimum absolute atomic E-state index is 0.0975. The van der Waals surface area contributed by atoms with Gasteiger partial charge in [0.2, 0.25) is 0 Å². The van der Waals surface area contributed by atoms with Crippen molar-refractivity contribution < 1.29 is 15.1 Å². The summed E-state index contributed by atoms with van der Waals surface area (Å²) in [6.07, 6.45) is -1.75. The van der Waals surface area contributed by atoms with Gasteiger partial charge in [0.25, 0.3) is 5.69 Å². The van der Waals surface area contributed by atoms with E-state index in [0.29, 0.717) is 17.3 Å². The minimum atomic E-state index is -1.15. The molecule has 0 aliphatic rings. The first-order chi connectivity index (χ1) is 7.97. The summed E-state index contributed by atoms with van der Waals surface area (Å²) in [5.74, 6) is 0. The van der Waals surface area contributed by atoms with Gasteiger partial charge >= 0.3 is 0 Å². The fourth-order valence-corrected chi connectivity index (χ4v) is 1.89. The molecule has 0 spiro atoms. The molecule has 0 radical (unpaired) electrons. The number of rotatable bonds is 5. The number of anilines is 1. The molecule has 0 saturated heterocycles. The second kappa shape index (κ2) is 5.95. The van der Waals surface area contributed by atoms with Crippen LogP contribution in [0.15, 0.2) is 18.2 Å². The third-order valence-corrected chi connectivity index (χ3v) is 2.83. The molecule has 0 fully saturated rings. The molecule has 0 aliphatic heterocycles. The summed E-state index contributed by atoms with van der Waals surface area (Å²) in [5.41, 5.74) is 5.85. The lowest BCUT2D eigenvalue weighted by molar-refractivity contribution is -0.384. The molecule has 2 unspecified atom stereocenters. The highest BCUT2D eigenvalue weighted by Gasteiger charge is 2.21. The summed E-state index contributed by atoms with van der Waals surface area (Å²) >= 11 is 3.15. The Kier molecular flexibility index (Phi) is 4.86. The molecular formula is C10H13BrN2O4. The number of alkyl halides is 1. The Morgan fingerprint density at radius 1 is 1.47 bits per heavy atom. The van der Waals surface area contributed by atoms with Gasteiger partial charge in [-0.2, -0.15) is 0 Å². The van der Waals surface area contributed by atoms with Crippen LogP contribution in [-0.2, 0) is 0 Å². The summed E-state index contributed by atoms with van der Waals surface area (Å²) in [6.45, 7) is 0. The van der Waals surface area contributed by atoms with Crippen LogP contribution in [0.3, 0.4) is 0 Å². The molecule has 0 aliphatic carbocycles. The number of benzene rings is 1. The number of nitrogens with two attached hydrogens (primary N) is 1. The Hall–Kier alpha value is -1.18.